The van der Waals surface area contributed by atoms with Crippen LogP contribution in [0.3, 0.4) is 0 Å². The third-order valence-electron chi connectivity index (χ3n) is 5.52. The third kappa shape index (κ3) is 3.47. The number of amides is 1. The van der Waals surface area contributed by atoms with E-state index in [1.807, 2.05) is 0 Å². The number of carbonyl (C=O) groups is 1. The smallest absolute Gasteiger partial charge is 0.228 e. The molecule has 1 amide bonds. The fraction of sp³-hybridized carbons (Fsp3) is 0.409. The van der Waals surface area contributed by atoms with Crippen molar-refractivity contribution in [3.05, 3.63) is 71.8 Å². The fourth-order valence-corrected chi connectivity index (χ4v) is 4.14. The fourth-order valence-electron chi connectivity index (χ4n) is 4.14. The van der Waals surface area contributed by atoms with Crippen molar-refractivity contribution < 1.29 is 4.79 Å². The summed E-state index contributed by atoms with van der Waals surface area (Å²) in [5.74, 6) is 0.545. The highest BCUT2D eigenvalue weighted by Crippen LogP contribution is 2.35. The first kappa shape index (κ1) is 16.3. The zero-order valence-electron chi connectivity index (χ0n) is 14.7. The van der Waals surface area contributed by atoms with Gasteiger partial charge in [-0.1, -0.05) is 60.7 Å². The van der Waals surface area contributed by atoms with Crippen molar-refractivity contribution in [2.24, 2.45) is 5.92 Å². The molecule has 2 saturated heterocycles. The lowest BCUT2D eigenvalue weighted by atomic mass is 9.89. The molecule has 25 heavy (non-hydrogen) atoms. The average molecular weight is 334 g/mol. The van der Waals surface area contributed by atoms with Crippen LogP contribution in [0.2, 0.25) is 0 Å². The molecule has 0 atom stereocenters. The number of hydrogen-bond donors (Lipinski definition) is 0. The summed E-state index contributed by atoms with van der Waals surface area (Å²) in [6.07, 6.45) is 3.60. The molecule has 3 nitrogen and oxygen atoms in total. The summed E-state index contributed by atoms with van der Waals surface area (Å²) in [6, 6.07) is 21.5. The van der Waals surface area contributed by atoms with Gasteiger partial charge in [0.25, 0.3) is 0 Å². The van der Waals surface area contributed by atoms with Gasteiger partial charge in [-0.3, -0.25) is 9.69 Å². The largest absolute Gasteiger partial charge is 0.342 e. The quantitative estimate of drug-likeness (QED) is 0.851. The number of hydrogen-bond acceptors (Lipinski definition) is 2. The molecule has 2 fully saturated rings. The molecular weight excluding hydrogens is 308 g/mol. The molecule has 2 aliphatic rings. The zero-order chi connectivity index (χ0) is 17.1. The van der Waals surface area contributed by atoms with E-state index in [1.165, 1.54) is 30.4 Å². The Morgan fingerprint density at radius 1 is 0.800 bits per heavy atom. The number of nitrogens with zero attached hydrogens (tertiary/aromatic N) is 2. The Morgan fingerprint density at radius 3 is 1.84 bits per heavy atom. The second-order valence-electron chi connectivity index (χ2n) is 7.26. The van der Waals surface area contributed by atoms with Crippen molar-refractivity contribution in [2.45, 2.75) is 25.3 Å². The summed E-state index contributed by atoms with van der Waals surface area (Å²) in [5.41, 5.74) is 2.61. The summed E-state index contributed by atoms with van der Waals surface area (Å²) in [7, 11) is 0. The Morgan fingerprint density at radius 2 is 1.32 bits per heavy atom. The average Bonchev–Trinajstić information content (AvgIpc) is 2.66. The van der Waals surface area contributed by atoms with E-state index >= 15 is 0 Å². The maximum Gasteiger partial charge on any atom is 0.228 e. The van der Waals surface area contributed by atoms with Gasteiger partial charge in [0.05, 0.1) is 12.0 Å². The number of likely N-dealkylation sites (tertiary alicyclic amines) is 2. The minimum Gasteiger partial charge on any atom is -0.342 e. The van der Waals surface area contributed by atoms with Crippen LogP contribution in [0.1, 0.15) is 36.4 Å². The standard InChI is InChI=1S/C22H26N2O/c25-22(23-14-8-3-9-15-23)20-16-24(17-20)21(18-10-4-1-5-11-18)19-12-6-2-7-13-19/h1-2,4-7,10-13,20-21H,3,8-9,14-17H2. The Bertz CT molecular complexity index is 649. The van der Waals surface area contributed by atoms with Crippen molar-refractivity contribution in [3.8, 4) is 0 Å². The second kappa shape index (κ2) is 7.40. The summed E-state index contributed by atoms with van der Waals surface area (Å²) < 4.78 is 0. The van der Waals surface area contributed by atoms with Crippen LogP contribution < -0.4 is 0 Å². The number of rotatable bonds is 4. The zero-order valence-corrected chi connectivity index (χ0v) is 14.7. The minimum absolute atomic E-state index is 0.174. The first-order chi connectivity index (χ1) is 12.3. The van der Waals surface area contributed by atoms with Crippen molar-refractivity contribution in [2.75, 3.05) is 26.2 Å². The van der Waals surface area contributed by atoms with Gasteiger partial charge in [-0.05, 0) is 30.4 Å². The van der Waals surface area contributed by atoms with E-state index in [1.54, 1.807) is 0 Å². The molecule has 3 heteroatoms. The lowest BCUT2D eigenvalue weighted by Gasteiger charge is -2.45. The molecule has 0 aliphatic carbocycles. The van der Waals surface area contributed by atoms with Gasteiger partial charge in [0.1, 0.15) is 0 Å². The molecule has 2 aromatic carbocycles. The molecule has 0 bridgehead atoms. The Hall–Kier alpha value is -2.13. The van der Waals surface area contributed by atoms with Crippen LogP contribution in [0, 0.1) is 5.92 Å². The number of benzene rings is 2. The highest BCUT2D eigenvalue weighted by Gasteiger charge is 2.39. The van der Waals surface area contributed by atoms with Gasteiger partial charge in [0.15, 0.2) is 0 Å². The van der Waals surface area contributed by atoms with Gasteiger partial charge in [0.2, 0.25) is 5.91 Å². The van der Waals surface area contributed by atoms with Gasteiger partial charge in [-0.2, -0.15) is 0 Å². The maximum absolute atomic E-state index is 12.7. The van der Waals surface area contributed by atoms with Crippen molar-refractivity contribution in [3.63, 3.8) is 0 Å². The highest BCUT2D eigenvalue weighted by molar-refractivity contribution is 5.80. The van der Waals surface area contributed by atoms with Crippen molar-refractivity contribution >= 4 is 5.91 Å². The van der Waals surface area contributed by atoms with Gasteiger partial charge in [-0.25, -0.2) is 0 Å². The lowest BCUT2D eigenvalue weighted by molar-refractivity contribution is -0.142. The van der Waals surface area contributed by atoms with Gasteiger partial charge in [0, 0.05) is 26.2 Å². The summed E-state index contributed by atoms with van der Waals surface area (Å²) in [6.45, 7) is 3.64. The maximum atomic E-state index is 12.7. The molecule has 0 aromatic heterocycles. The summed E-state index contributed by atoms with van der Waals surface area (Å²) in [5, 5.41) is 0. The van der Waals surface area contributed by atoms with Crippen LogP contribution in [-0.4, -0.2) is 41.9 Å². The SMILES string of the molecule is O=C(C1CN(C(c2ccccc2)c2ccccc2)C1)N1CCCCC1. The van der Waals surface area contributed by atoms with E-state index in [-0.39, 0.29) is 12.0 Å². The van der Waals surface area contributed by atoms with Crippen LogP contribution in [0.5, 0.6) is 0 Å². The molecule has 0 radical (unpaired) electrons. The van der Waals surface area contributed by atoms with E-state index in [2.05, 4.69) is 70.5 Å². The third-order valence-corrected chi connectivity index (χ3v) is 5.52. The molecule has 4 rings (SSSR count). The number of piperidine rings is 1. The minimum atomic E-state index is 0.174. The van der Waals surface area contributed by atoms with Crippen LogP contribution in [0.4, 0.5) is 0 Å². The number of carbonyl (C=O) groups excluding carboxylic acids is 1. The van der Waals surface area contributed by atoms with Crippen LogP contribution in [0.15, 0.2) is 60.7 Å². The van der Waals surface area contributed by atoms with Crippen LogP contribution in [-0.2, 0) is 4.79 Å². The van der Waals surface area contributed by atoms with Gasteiger partial charge < -0.3 is 4.90 Å². The molecule has 130 valence electrons. The van der Waals surface area contributed by atoms with Crippen molar-refractivity contribution in [1.82, 2.24) is 9.80 Å². The van der Waals surface area contributed by atoms with Gasteiger partial charge >= 0.3 is 0 Å². The van der Waals surface area contributed by atoms with E-state index in [0.717, 1.165) is 26.2 Å². The first-order valence-corrected chi connectivity index (χ1v) is 9.45. The first-order valence-electron chi connectivity index (χ1n) is 9.45. The van der Waals surface area contributed by atoms with Crippen LogP contribution >= 0.6 is 0 Å². The van der Waals surface area contributed by atoms with Crippen LogP contribution in [0.25, 0.3) is 0 Å². The van der Waals surface area contributed by atoms with E-state index < -0.39 is 0 Å². The van der Waals surface area contributed by atoms with E-state index in [4.69, 9.17) is 0 Å². The van der Waals surface area contributed by atoms with Gasteiger partial charge in [-0.15, -0.1) is 0 Å². The Balaban J connectivity index is 1.48. The molecule has 2 heterocycles. The molecular formula is C22H26N2O. The highest BCUT2D eigenvalue weighted by atomic mass is 16.2. The topological polar surface area (TPSA) is 23.6 Å². The second-order valence-corrected chi connectivity index (χ2v) is 7.26. The predicted molar refractivity (Wildman–Crippen MR) is 100 cm³/mol. The monoisotopic (exact) mass is 334 g/mol. The summed E-state index contributed by atoms with van der Waals surface area (Å²) >= 11 is 0. The normalized spacial score (nSPS) is 19.0. The molecule has 2 aliphatic heterocycles. The Kier molecular flexibility index (Phi) is 4.84. The molecule has 0 spiro atoms. The molecule has 0 saturated carbocycles. The predicted octanol–water partition coefficient (Wildman–Crippen LogP) is 3.72. The molecule has 0 N–H and O–H groups in total. The van der Waals surface area contributed by atoms with Crippen molar-refractivity contribution in [1.29, 1.82) is 0 Å². The van der Waals surface area contributed by atoms with E-state index in [9.17, 15) is 4.79 Å². The molecule has 0 unspecified atom stereocenters. The molecule has 2 aromatic rings. The summed E-state index contributed by atoms with van der Waals surface area (Å²) in [4.78, 5) is 17.3. The lowest BCUT2D eigenvalue weighted by Crippen LogP contribution is -2.56. The van der Waals surface area contributed by atoms with E-state index in [0.29, 0.717) is 5.91 Å². The Labute approximate surface area is 150 Å².